The molecule has 1 atom stereocenters. The summed E-state index contributed by atoms with van der Waals surface area (Å²) in [6, 6.07) is 16.1. The molecular weight excluding hydrogens is 415 g/mol. The number of non-ortho nitro benzene ring substituents is 1. The lowest BCUT2D eigenvalue weighted by Gasteiger charge is -2.25. The summed E-state index contributed by atoms with van der Waals surface area (Å²) in [7, 11) is 0. The first-order chi connectivity index (χ1) is 15.3. The number of aliphatic hydroxyl groups is 1. The molecule has 8 heteroatoms. The Morgan fingerprint density at radius 1 is 0.969 bits per heavy atom. The van der Waals surface area contributed by atoms with Crippen LogP contribution in [0.1, 0.15) is 22.7 Å². The van der Waals surface area contributed by atoms with Crippen molar-refractivity contribution in [1.29, 1.82) is 0 Å². The molecule has 4 rings (SSSR count). The Morgan fingerprint density at radius 3 is 2.12 bits per heavy atom. The van der Waals surface area contributed by atoms with Gasteiger partial charge < -0.3 is 5.11 Å². The number of carbonyl (C=O) groups excluding carboxylic acids is 2. The summed E-state index contributed by atoms with van der Waals surface area (Å²) in [5.74, 6) is -2.68. The van der Waals surface area contributed by atoms with Gasteiger partial charge in [0.1, 0.15) is 11.6 Å². The summed E-state index contributed by atoms with van der Waals surface area (Å²) in [6.45, 7) is 1.87. The lowest BCUT2D eigenvalue weighted by molar-refractivity contribution is -0.384. The predicted molar refractivity (Wildman–Crippen MR) is 115 cm³/mol. The molecule has 0 bridgehead atoms. The minimum atomic E-state index is -1.05. The number of hydrogen-bond acceptors (Lipinski definition) is 5. The van der Waals surface area contributed by atoms with E-state index in [9.17, 15) is 29.2 Å². The number of carbonyl (C=O) groups is 2. The molecule has 0 aromatic heterocycles. The third kappa shape index (κ3) is 3.62. The molecule has 0 unspecified atom stereocenters. The van der Waals surface area contributed by atoms with Crippen LogP contribution in [0.3, 0.4) is 0 Å². The number of benzene rings is 3. The number of aryl methyl sites for hydroxylation is 1. The van der Waals surface area contributed by atoms with Crippen LogP contribution in [-0.4, -0.2) is 21.7 Å². The van der Waals surface area contributed by atoms with Gasteiger partial charge in [0, 0.05) is 23.4 Å². The zero-order chi connectivity index (χ0) is 23.0. The molecule has 7 nitrogen and oxygen atoms in total. The van der Waals surface area contributed by atoms with Crippen molar-refractivity contribution in [2.24, 2.45) is 0 Å². The summed E-state index contributed by atoms with van der Waals surface area (Å²) in [6.07, 6.45) is 0. The molecule has 1 N–H and O–H groups in total. The van der Waals surface area contributed by atoms with Gasteiger partial charge in [-0.1, -0.05) is 29.8 Å². The van der Waals surface area contributed by atoms with E-state index in [1.54, 1.807) is 24.3 Å². The third-order valence-corrected chi connectivity index (χ3v) is 5.29. The fourth-order valence-electron chi connectivity index (χ4n) is 3.66. The average Bonchev–Trinajstić information content (AvgIpc) is 3.05. The lowest BCUT2D eigenvalue weighted by Crippen LogP contribution is -2.29. The molecule has 3 aromatic carbocycles. The number of halogens is 1. The first-order valence-electron chi connectivity index (χ1n) is 9.66. The number of nitro groups is 1. The van der Waals surface area contributed by atoms with E-state index in [4.69, 9.17) is 0 Å². The highest BCUT2D eigenvalue weighted by Gasteiger charge is 2.47. The van der Waals surface area contributed by atoms with E-state index < -0.39 is 28.5 Å². The van der Waals surface area contributed by atoms with Gasteiger partial charge in [-0.25, -0.2) is 4.39 Å². The average molecular weight is 432 g/mol. The zero-order valence-corrected chi connectivity index (χ0v) is 16.9. The summed E-state index contributed by atoms with van der Waals surface area (Å²) >= 11 is 0. The van der Waals surface area contributed by atoms with Crippen molar-refractivity contribution in [3.05, 3.63) is 111 Å². The Balaban J connectivity index is 1.92. The molecule has 0 radical (unpaired) electrons. The van der Waals surface area contributed by atoms with E-state index in [0.717, 1.165) is 22.6 Å². The van der Waals surface area contributed by atoms with Crippen LogP contribution in [-0.2, 0) is 9.59 Å². The predicted octanol–water partition coefficient (Wildman–Crippen LogP) is 4.67. The number of nitrogens with zero attached hydrogens (tertiary/aromatic N) is 2. The molecule has 1 aliphatic heterocycles. The molecule has 1 fully saturated rings. The Kier molecular flexibility index (Phi) is 5.28. The summed E-state index contributed by atoms with van der Waals surface area (Å²) < 4.78 is 13.5. The topological polar surface area (TPSA) is 101 Å². The van der Waals surface area contributed by atoms with Crippen LogP contribution in [0.4, 0.5) is 15.8 Å². The van der Waals surface area contributed by atoms with Crippen LogP contribution in [0.15, 0.2) is 78.4 Å². The summed E-state index contributed by atoms with van der Waals surface area (Å²) in [5.41, 5.74) is 1.61. The second-order valence-corrected chi connectivity index (χ2v) is 7.36. The number of nitro benzene ring substituents is 1. The van der Waals surface area contributed by atoms with Crippen LogP contribution in [0.5, 0.6) is 0 Å². The first kappa shape index (κ1) is 20.9. The number of Topliss-reactive ketones (excluding diaryl/α,β-unsaturated/α-hetero) is 1. The molecular formula is C24H17FN2O5. The molecule has 1 aliphatic rings. The maximum atomic E-state index is 13.5. The Bertz CT molecular complexity index is 1250. The van der Waals surface area contributed by atoms with Gasteiger partial charge in [-0.2, -0.15) is 0 Å². The summed E-state index contributed by atoms with van der Waals surface area (Å²) in [4.78, 5) is 37.6. The van der Waals surface area contributed by atoms with Gasteiger partial charge >= 0.3 is 0 Å². The van der Waals surface area contributed by atoms with E-state index >= 15 is 0 Å². The first-order valence-corrected chi connectivity index (χ1v) is 9.66. The minimum absolute atomic E-state index is 0.156. The monoisotopic (exact) mass is 432 g/mol. The van der Waals surface area contributed by atoms with Gasteiger partial charge in [-0.15, -0.1) is 0 Å². The number of amides is 1. The van der Waals surface area contributed by atoms with Crippen LogP contribution < -0.4 is 4.90 Å². The SMILES string of the molecule is Cc1ccc(C(O)=C2C(=O)C(=O)N(c3ccc(F)cc3)[C@@H]2c2ccc([N+](=O)[O-])cc2)cc1. The third-order valence-electron chi connectivity index (χ3n) is 5.29. The number of hydrogen-bond donors (Lipinski definition) is 1. The van der Waals surface area contributed by atoms with Gasteiger partial charge in [0.2, 0.25) is 0 Å². The van der Waals surface area contributed by atoms with E-state index in [2.05, 4.69) is 0 Å². The second kappa shape index (κ2) is 8.07. The van der Waals surface area contributed by atoms with Crippen molar-refractivity contribution in [1.82, 2.24) is 0 Å². The van der Waals surface area contributed by atoms with Crippen molar-refractivity contribution >= 4 is 28.8 Å². The van der Waals surface area contributed by atoms with E-state index in [1.807, 2.05) is 6.92 Å². The molecule has 0 spiro atoms. The van der Waals surface area contributed by atoms with Crippen LogP contribution >= 0.6 is 0 Å². The van der Waals surface area contributed by atoms with Crippen molar-refractivity contribution in [3.63, 3.8) is 0 Å². The smallest absolute Gasteiger partial charge is 0.300 e. The van der Waals surface area contributed by atoms with Crippen molar-refractivity contribution in [3.8, 4) is 0 Å². The molecule has 32 heavy (non-hydrogen) atoms. The number of anilines is 1. The van der Waals surface area contributed by atoms with Gasteiger partial charge in [0.15, 0.2) is 0 Å². The van der Waals surface area contributed by atoms with Gasteiger partial charge in [-0.3, -0.25) is 24.6 Å². The van der Waals surface area contributed by atoms with Crippen LogP contribution in [0.25, 0.3) is 5.76 Å². The molecule has 1 saturated heterocycles. The van der Waals surface area contributed by atoms with Gasteiger partial charge in [-0.05, 0) is 48.9 Å². The minimum Gasteiger partial charge on any atom is -0.507 e. The van der Waals surface area contributed by atoms with Crippen molar-refractivity contribution < 1.29 is 24.0 Å². The van der Waals surface area contributed by atoms with Gasteiger partial charge in [0.05, 0.1) is 16.5 Å². The summed E-state index contributed by atoms with van der Waals surface area (Å²) in [5, 5.41) is 22.0. The highest BCUT2D eigenvalue weighted by atomic mass is 19.1. The molecule has 0 aliphatic carbocycles. The Hall–Kier alpha value is -4.33. The fourth-order valence-corrected chi connectivity index (χ4v) is 3.66. The number of ketones is 1. The maximum Gasteiger partial charge on any atom is 0.300 e. The standard InChI is InChI=1S/C24H17FN2O5/c1-14-2-4-16(5-3-14)22(28)20-21(15-6-10-19(11-7-15)27(31)32)26(24(30)23(20)29)18-12-8-17(25)9-13-18/h2-13,21,28H,1H3/t21-/m1/s1. The quantitative estimate of drug-likeness (QED) is 0.212. The highest BCUT2D eigenvalue weighted by molar-refractivity contribution is 6.51. The van der Waals surface area contributed by atoms with Crippen LogP contribution in [0, 0.1) is 22.9 Å². The maximum absolute atomic E-state index is 13.5. The van der Waals surface area contributed by atoms with Crippen LogP contribution in [0.2, 0.25) is 0 Å². The van der Waals surface area contributed by atoms with Crippen molar-refractivity contribution in [2.75, 3.05) is 4.90 Å². The molecule has 160 valence electrons. The van der Waals surface area contributed by atoms with E-state index in [1.165, 1.54) is 36.4 Å². The number of aliphatic hydroxyl groups excluding tert-OH is 1. The van der Waals surface area contributed by atoms with Crippen molar-refractivity contribution in [2.45, 2.75) is 13.0 Å². The molecule has 1 amide bonds. The van der Waals surface area contributed by atoms with E-state index in [-0.39, 0.29) is 22.7 Å². The molecule has 3 aromatic rings. The fraction of sp³-hybridized carbons (Fsp3) is 0.0833. The molecule has 1 heterocycles. The van der Waals surface area contributed by atoms with Gasteiger partial charge in [0.25, 0.3) is 17.4 Å². The molecule has 0 saturated carbocycles. The normalized spacial score (nSPS) is 17.6. The Morgan fingerprint density at radius 2 is 1.56 bits per heavy atom. The lowest BCUT2D eigenvalue weighted by atomic mass is 9.94. The Labute approximate surface area is 182 Å². The number of rotatable bonds is 4. The largest absolute Gasteiger partial charge is 0.507 e. The van der Waals surface area contributed by atoms with E-state index in [0.29, 0.717) is 11.1 Å². The zero-order valence-electron chi connectivity index (χ0n) is 16.9. The highest BCUT2D eigenvalue weighted by Crippen LogP contribution is 2.42. The second-order valence-electron chi connectivity index (χ2n) is 7.36.